The highest BCUT2D eigenvalue weighted by atomic mass is 16.5. The highest BCUT2D eigenvalue weighted by molar-refractivity contribution is 5.25. The van der Waals surface area contributed by atoms with Gasteiger partial charge in [-0.2, -0.15) is 5.10 Å². The van der Waals surface area contributed by atoms with Crippen molar-refractivity contribution >= 4 is 0 Å². The minimum Gasteiger partial charge on any atom is -0.472 e. The Balaban J connectivity index is 1.46. The van der Waals surface area contributed by atoms with Gasteiger partial charge in [0.05, 0.1) is 24.8 Å². The summed E-state index contributed by atoms with van der Waals surface area (Å²) in [6, 6.07) is 2.05. The monoisotopic (exact) mass is 315 g/mol. The van der Waals surface area contributed by atoms with E-state index >= 15 is 0 Å². The van der Waals surface area contributed by atoms with Gasteiger partial charge in [-0.05, 0) is 31.7 Å². The van der Waals surface area contributed by atoms with E-state index in [1.807, 2.05) is 12.3 Å². The van der Waals surface area contributed by atoms with Crippen LogP contribution in [0.25, 0.3) is 0 Å². The Hall–Kier alpha value is -1.59. The Labute approximate surface area is 137 Å². The van der Waals surface area contributed by atoms with E-state index in [-0.39, 0.29) is 0 Å². The summed E-state index contributed by atoms with van der Waals surface area (Å²) in [4.78, 5) is 2.47. The number of furan rings is 1. The van der Waals surface area contributed by atoms with Gasteiger partial charge < -0.3 is 9.15 Å². The predicted octanol–water partition coefficient (Wildman–Crippen LogP) is 3.02. The van der Waals surface area contributed by atoms with Gasteiger partial charge in [-0.15, -0.1) is 0 Å². The Morgan fingerprint density at radius 2 is 2.26 bits per heavy atom. The standard InChI is InChI=1S/C18H25N3O2/c1-2-21-10-16-8-20(7-15-5-6-22-12-15)9-17(18(16)19-21)13-23-11-14-3-4-14/h5-6,10,12,14,17H,2-4,7-9,11,13H2,1H3/t17-/m0/s1. The van der Waals surface area contributed by atoms with Crippen LogP contribution < -0.4 is 0 Å². The van der Waals surface area contributed by atoms with Crippen molar-refractivity contribution in [2.24, 2.45) is 5.92 Å². The van der Waals surface area contributed by atoms with Gasteiger partial charge in [0.1, 0.15) is 0 Å². The van der Waals surface area contributed by atoms with E-state index in [2.05, 4.69) is 22.7 Å². The third-order valence-corrected chi connectivity index (χ3v) is 4.81. The Morgan fingerprint density at radius 1 is 1.35 bits per heavy atom. The summed E-state index contributed by atoms with van der Waals surface area (Å²) in [5.41, 5.74) is 3.82. The summed E-state index contributed by atoms with van der Waals surface area (Å²) in [7, 11) is 0. The maximum absolute atomic E-state index is 5.99. The fraction of sp³-hybridized carbons (Fsp3) is 0.611. The third-order valence-electron chi connectivity index (χ3n) is 4.81. The fourth-order valence-corrected chi connectivity index (χ4v) is 3.36. The molecule has 5 nitrogen and oxygen atoms in total. The normalized spacial score (nSPS) is 21.5. The number of aryl methyl sites for hydroxylation is 1. The molecule has 4 rings (SSSR count). The zero-order chi connectivity index (χ0) is 15.6. The molecular weight excluding hydrogens is 290 g/mol. The zero-order valence-electron chi connectivity index (χ0n) is 13.8. The molecule has 2 aromatic rings. The SMILES string of the molecule is CCn1cc2c(n1)[C@H](COCC1CC1)CN(Cc1ccoc1)C2. The minimum atomic E-state index is 0.372. The molecule has 0 radical (unpaired) electrons. The van der Waals surface area contributed by atoms with Crippen molar-refractivity contribution in [1.29, 1.82) is 0 Å². The lowest BCUT2D eigenvalue weighted by Gasteiger charge is -2.31. The van der Waals surface area contributed by atoms with Gasteiger partial charge in [0.15, 0.2) is 0 Å². The molecule has 0 spiro atoms. The zero-order valence-corrected chi connectivity index (χ0v) is 13.8. The quantitative estimate of drug-likeness (QED) is 0.788. The van der Waals surface area contributed by atoms with Crippen molar-refractivity contribution in [2.75, 3.05) is 19.8 Å². The summed E-state index contributed by atoms with van der Waals surface area (Å²) in [6.45, 7) is 7.65. The van der Waals surface area contributed by atoms with Crippen LogP contribution in [0.2, 0.25) is 0 Å². The number of aromatic nitrogens is 2. The molecule has 1 atom stereocenters. The van der Waals surface area contributed by atoms with Gasteiger partial charge in [0.2, 0.25) is 0 Å². The minimum absolute atomic E-state index is 0.372. The van der Waals surface area contributed by atoms with E-state index in [9.17, 15) is 0 Å². The van der Waals surface area contributed by atoms with Gasteiger partial charge in [-0.1, -0.05) is 0 Å². The predicted molar refractivity (Wildman–Crippen MR) is 87.0 cm³/mol. The molecule has 0 unspecified atom stereocenters. The van der Waals surface area contributed by atoms with Crippen molar-refractivity contribution < 1.29 is 9.15 Å². The van der Waals surface area contributed by atoms with Crippen LogP contribution in [-0.4, -0.2) is 34.4 Å². The first kappa shape index (κ1) is 15.0. The van der Waals surface area contributed by atoms with Crippen LogP contribution in [0.5, 0.6) is 0 Å². The molecule has 0 amide bonds. The van der Waals surface area contributed by atoms with Gasteiger partial charge >= 0.3 is 0 Å². The summed E-state index contributed by atoms with van der Waals surface area (Å²) < 4.78 is 13.2. The molecule has 2 aromatic heterocycles. The second-order valence-electron chi connectivity index (χ2n) is 6.87. The molecule has 1 aliphatic heterocycles. The Kier molecular flexibility index (Phi) is 4.23. The molecule has 124 valence electrons. The van der Waals surface area contributed by atoms with Crippen LogP contribution in [0.4, 0.5) is 0 Å². The summed E-state index contributed by atoms with van der Waals surface area (Å²) in [6.07, 6.45) is 8.46. The Bertz CT molecular complexity index is 631. The van der Waals surface area contributed by atoms with Gasteiger partial charge in [-0.3, -0.25) is 9.58 Å². The third kappa shape index (κ3) is 3.51. The first-order chi connectivity index (χ1) is 11.3. The first-order valence-electron chi connectivity index (χ1n) is 8.69. The summed E-state index contributed by atoms with van der Waals surface area (Å²) in [5, 5.41) is 4.79. The lowest BCUT2D eigenvalue weighted by atomic mass is 9.97. The molecule has 0 saturated heterocycles. The second kappa shape index (κ2) is 6.49. The number of nitrogens with zero attached hydrogens (tertiary/aromatic N) is 3. The number of ether oxygens (including phenoxy) is 1. The average molecular weight is 315 g/mol. The molecule has 1 fully saturated rings. The van der Waals surface area contributed by atoms with Crippen molar-refractivity contribution in [3.63, 3.8) is 0 Å². The van der Waals surface area contributed by atoms with Crippen molar-refractivity contribution in [3.05, 3.63) is 41.6 Å². The highest BCUT2D eigenvalue weighted by Crippen LogP contribution is 2.31. The molecule has 3 heterocycles. The van der Waals surface area contributed by atoms with Crippen LogP contribution in [0.1, 0.15) is 42.5 Å². The van der Waals surface area contributed by atoms with Crippen molar-refractivity contribution in [1.82, 2.24) is 14.7 Å². The molecular formula is C18H25N3O2. The molecule has 1 saturated carbocycles. The lowest BCUT2D eigenvalue weighted by Crippen LogP contribution is -2.34. The van der Waals surface area contributed by atoms with E-state index in [1.165, 1.54) is 29.7 Å². The van der Waals surface area contributed by atoms with Crippen LogP contribution >= 0.6 is 0 Å². The number of hydrogen-bond acceptors (Lipinski definition) is 4. The fourth-order valence-electron chi connectivity index (χ4n) is 3.36. The van der Waals surface area contributed by atoms with Crippen LogP contribution in [0, 0.1) is 5.92 Å². The van der Waals surface area contributed by atoms with Crippen molar-refractivity contribution in [2.45, 2.75) is 45.3 Å². The average Bonchev–Trinajstić information content (AvgIpc) is 3.06. The van der Waals surface area contributed by atoms with Gasteiger partial charge in [0.25, 0.3) is 0 Å². The van der Waals surface area contributed by atoms with Gasteiger partial charge in [0, 0.05) is 56.0 Å². The van der Waals surface area contributed by atoms with E-state index in [0.29, 0.717) is 5.92 Å². The first-order valence-corrected chi connectivity index (χ1v) is 8.69. The maximum Gasteiger partial charge on any atom is 0.0947 e. The van der Waals surface area contributed by atoms with E-state index < -0.39 is 0 Å². The molecule has 1 aliphatic carbocycles. The highest BCUT2D eigenvalue weighted by Gasteiger charge is 2.29. The van der Waals surface area contributed by atoms with E-state index in [1.54, 1.807) is 6.26 Å². The molecule has 2 aliphatic rings. The Morgan fingerprint density at radius 3 is 3.00 bits per heavy atom. The van der Waals surface area contributed by atoms with Crippen LogP contribution in [0.15, 0.2) is 29.2 Å². The van der Waals surface area contributed by atoms with Crippen LogP contribution in [0.3, 0.4) is 0 Å². The lowest BCUT2D eigenvalue weighted by molar-refractivity contribution is 0.0881. The number of hydrogen-bond donors (Lipinski definition) is 0. The topological polar surface area (TPSA) is 43.4 Å². The van der Waals surface area contributed by atoms with Gasteiger partial charge in [-0.25, -0.2) is 0 Å². The van der Waals surface area contributed by atoms with E-state index in [4.69, 9.17) is 14.3 Å². The molecule has 0 bridgehead atoms. The summed E-state index contributed by atoms with van der Waals surface area (Å²) in [5.74, 6) is 1.19. The van der Waals surface area contributed by atoms with Crippen LogP contribution in [-0.2, 0) is 24.4 Å². The van der Waals surface area contributed by atoms with Crippen molar-refractivity contribution in [3.8, 4) is 0 Å². The van der Waals surface area contributed by atoms with E-state index in [0.717, 1.165) is 45.3 Å². The second-order valence-corrected chi connectivity index (χ2v) is 6.87. The smallest absolute Gasteiger partial charge is 0.0947 e. The molecule has 5 heteroatoms. The maximum atomic E-state index is 5.99. The molecule has 23 heavy (non-hydrogen) atoms. The molecule has 0 N–H and O–H groups in total. The summed E-state index contributed by atoms with van der Waals surface area (Å²) >= 11 is 0. The largest absolute Gasteiger partial charge is 0.472 e. The number of fused-ring (bicyclic) bond motifs is 1. The number of rotatable bonds is 7. The molecule has 0 aromatic carbocycles.